The molecule has 27 heavy (non-hydrogen) atoms. The van der Waals surface area contributed by atoms with Gasteiger partial charge in [-0.1, -0.05) is 18.2 Å². The molecule has 138 valence electrons. The first-order chi connectivity index (χ1) is 13.0. The molecule has 0 saturated heterocycles. The zero-order valence-corrected chi connectivity index (χ0v) is 15.5. The third kappa shape index (κ3) is 4.71. The monoisotopic (exact) mass is 381 g/mol. The lowest BCUT2D eigenvalue weighted by Crippen LogP contribution is -2.23. The summed E-state index contributed by atoms with van der Waals surface area (Å²) in [5.74, 6) is -0.229. The molecule has 0 aliphatic heterocycles. The van der Waals surface area contributed by atoms with Crippen LogP contribution in [0.5, 0.6) is 0 Å². The van der Waals surface area contributed by atoms with Crippen molar-refractivity contribution in [1.82, 2.24) is 10.3 Å². The van der Waals surface area contributed by atoms with Gasteiger partial charge in [0.15, 0.2) is 0 Å². The van der Waals surface area contributed by atoms with Crippen molar-refractivity contribution in [3.05, 3.63) is 89.7 Å². The highest BCUT2D eigenvalue weighted by atomic mass is 32.2. The second-order valence-corrected chi connectivity index (χ2v) is 7.67. The van der Waals surface area contributed by atoms with Crippen LogP contribution in [0.2, 0.25) is 0 Å². The fourth-order valence-electron chi connectivity index (χ4n) is 2.51. The van der Waals surface area contributed by atoms with E-state index in [1.165, 1.54) is 12.1 Å². The van der Waals surface area contributed by atoms with Crippen molar-refractivity contribution in [2.45, 2.75) is 18.4 Å². The van der Waals surface area contributed by atoms with Gasteiger partial charge in [0.2, 0.25) is 0 Å². The zero-order chi connectivity index (χ0) is 19.3. The number of carbonyl (C=O) groups is 1. The Morgan fingerprint density at radius 3 is 2.37 bits per heavy atom. The predicted molar refractivity (Wildman–Crippen MR) is 104 cm³/mol. The first-order valence-corrected chi connectivity index (χ1v) is 9.80. The van der Waals surface area contributed by atoms with Gasteiger partial charge in [-0.05, 0) is 60.5 Å². The smallest absolute Gasteiger partial charge is 0.261 e. The third-order valence-electron chi connectivity index (χ3n) is 3.99. The van der Waals surface area contributed by atoms with Crippen molar-refractivity contribution in [2.75, 3.05) is 4.72 Å². The number of aryl methyl sites for hydroxylation is 1. The number of carbonyl (C=O) groups excluding carboxylic acids is 1. The first kappa shape index (κ1) is 18.6. The van der Waals surface area contributed by atoms with Crippen molar-refractivity contribution < 1.29 is 13.2 Å². The zero-order valence-electron chi connectivity index (χ0n) is 14.7. The number of anilines is 1. The minimum atomic E-state index is -3.67. The number of amides is 1. The lowest BCUT2D eigenvalue weighted by atomic mass is 10.1. The summed E-state index contributed by atoms with van der Waals surface area (Å²) in [5, 5.41) is 2.83. The molecule has 3 aromatic rings. The minimum absolute atomic E-state index is 0.184. The average molecular weight is 381 g/mol. The van der Waals surface area contributed by atoms with Crippen LogP contribution in [0.25, 0.3) is 0 Å². The Morgan fingerprint density at radius 1 is 1.00 bits per heavy atom. The molecule has 0 aliphatic carbocycles. The molecule has 1 heterocycles. The molecule has 0 bridgehead atoms. The van der Waals surface area contributed by atoms with E-state index in [2.05, 4.69) is 15.0 Å². The van der Waals surface area contributed by atoms with Gasteiger partial charge in [0, 0.05) is 24.5 Å². The van der Waals surface area contributed by atoms with E-state index >= 15 is 0 Å². The number of rotatable bonds is 6. The van der Waals surface area contributed by atoms with Crippen LogP contribution < -0.4 is 10.0 Å². The number of nitrogens with zero attached hydrogens (tertiary/aromatic N) is 1. The molecule has 0 fully saturated rings. The number of benzene rings is 2. The van der Waals surface area contributed by atoms with E-state index in [0.717, 1.165) is 5.56 Å². The third-order valence-corrected chi connectivity index (χ3v) is 5.37. The summed E-state index contributed by atoms with van der Waals surface area (Å²) in [5.41, 5.74) is 2.50. The van der Waals surface area contributed by atoms with Crippen LogP contribution in [0, 0.1) is 6.92 Å². The molecule has 6 nitrogen and oxygen atoms in total. The van der Waals surface area contributed by atoms with Crippen molar-refractivity contribution in [3.8, 4) is 0 Å². The number of pyridine rings is 1. The standard InChI is InChI=1S/C20H19N3O3S/c1-15-13-17(20(24)22-14-16-9-11-21-12-10-16)7-8-19(15)23-27(25,26)18-5-3-2-4-6-18/h2-13,23H,14H2,1H3,(H,22,24). The minimum Gasteiger partial charge on any atom is -0.348 e. The van der Waals surface area contributed by atoms with Crippen LogP contribution in [0.3, 0.4) is 0 Å². The highest BCUT2D eigenvalue weighted by Gasteiger charge is 2.15. The fourth-order valence-corrected chi connectivity index (χ4v) is 3.66. The molecule has 0 unspecified atom stereocenters. The number of hydrogen-bond acceptors (Lipinski definition) is 4. The predicted octanol–water partition coefficient (Wildman–Crippen LogP) is 3.12. The average Bonchev–Trinajstić information content (AvgIpc) is 2.69. The summed E-state index contributed by atoms with van der Waals surface area (Å²) < 4.78 is 27.4. The van der Waals surface area contributed by atoms with Gasteiger partial charge in [-0.25, -0.2) is 8.42 Å². The van der Waals surface area contributed by atoms with Crippen LogP contribution in [0.15, 0.2) is 78.0 Å². The summed E-state index contributed by atoms with van der Waals surface area (Å²) in [6.07, 6.45) is 3.33. The molecule has 1 aromatic heterocycles. The van der Waals surface area contributed by atoms with Crippen molar-refractivity contribution in [1.29, 1.82) is 0 Å². The topological polar surface area (TPSA) is 88.2 Å². The van der Waals surface area contributed by atoms with Gasteiger partial charge in [0.1, 0.15) is 0 Å². The van der Waals surface area contributed by atoms with Crippen LogP contribution in [0.4, 0.5) is 5.69 Å². The normalized spacial score (nSPS) is 11.0. The SMILES string of the molecule is Cc1cc(C(=O)NCc2ccncc2)ccc1NS(=O)(=O)c1ccccc1. The summed E-state index contributed by atoms with van der Waals surface area (Å²) in [6.45, 7) is 2.14. The summed E-state index contributed by atoms with van der Waals surface area (Å²) in [4.78, 5) is 16.4. The molecular formula is C20H19N3O3S. The second-order valence-electron chi connectivity index (χ2n) is 5.99. The number of sulfonamides is 1. The Balaban J connectivity index is 1.71. The van der Waals surface area contributed by atoms with Gasteiger partial charge < -0.3 is 5.32 Å². The Morgan fingerprint density at radius 2 is 1.70 bits per heavy atom. The molecule has 0 atom stereocenters. The summed E-state index contributed by atoms with van der Waals surface area (Å²) >= 11 is 0. The molecule has 0 saturated carbocycles. The molecule has 0 spiro atoms. The highest BCUT2D eigenvalue weighted by molar-refractivity contribution is 7.92. The van der Waals surface area contributed by atoms with E-state index in [9.17, 15) is 13.2 Å². The van der Waals surface area contributed by atoms with Gasteiger partial charge >= 0.3 is 0 Å². The molecule has 1 amide bonds. The Bertz CT molecular complexity index is 1040. The van der Waals surface area contributed by atoms with Gasteiger partial charge in [0.25, 0.3) is 15.9 Å². The molecule has 3 rings (SSSR count). The first-order valence-electron chi connectivity index (χ1n) is 8.31. The Kier molecular flexibility index (Phi) is 5.52. The van der Waals surface area contributed by atoms with E-state index in [0.29, 0.717) is 23.4 Å². The van der Waals surface area contributed by atoms with E-state index in [1.807, 2.05) is 12.1 Å². The quantitative estimate of drug-likeness (QED) is 0.687. The van der Waals surface area contributed by atoms with E-state index in [4.69, 9.17) is 0 Å². The van der Waals surface area contributed by atoms with Crippen LogP contribution in [-0.2, 0) is 16.6 Å². The molecule has 2 N–H and O–H groups in total. The van der Waals surface area contributed by atoms with Crippen LogP contribution in [-0.4, -0.2) is 19.3 Å². The molecular weight excluding hydrogens is 362 g/mol. The Labute approximate surface area is 158 Å². The van der Waals surface area contributed by atoms with Crippen molar-refractivity contribution in [3.63, 3.8) is 0 Å². The largest absolute Gasteiger partial charge is 0.348 e. The van der Waals surface area contributed by atoms with E-state index < -0.39 is 10.0 Å². The second kappa shape index (κ2) is 8.01. The van der Waals surface area contributed by atoms with Crippen LogP contribution >= 0.6 is 0 Å². The fraction of sp³-hybridized carbons (Fsp3) is 0.100. The number of hydrogen-bond donors (Lipinski definition) is 2. The molecule has 2 aromatic carbocycles. The maximum atomic E-state index is 12.4. The van der Waals surface area contributed by atoms with Crippen molar-refractivity contribution >= 4 is 21.6 Å². The van der Waals surface area contributed by atoms with Crippen LogP contribution in [0.1, 0.15) is 21.5 Å². The summed E-state index contributed by atoms with van der Waals surface area (Å²) in [7, 11) is -3.67. The van der Waals surface area contributed by atoms with Gasteiger partial charge in [0.05, 0.1) is 10.6 Å². The number of nitrogens with one attached hydrogen (secondary N) is 2. The van der Waals surface area contributed by atoms with Gasteiger partial charge in [-0.2, -0.15) is 0 Å². The van der Waals surface area contributed by atoms with Crippen molar-refractivity contribution in [2.24, 2.45) is 0 Å². The molecule has 0 radical (unpaired) electrons. The molecule has 0 aliphatic rings. The number of aromatic nitrogens is 1. The Hall–Kier alpha value is -3.19. The maximum Gasteiger partial charge on any atom is 0.261 e. The van der Waals surface area contributed by atoms with E-state index in [1.54, 1.807) is 55.7 Å². The molecule has 7 heteroatoms. The van der Waals surface area contributed by atoms with Gasteiger partial charge in [-0.15, -0.1) is 0 Å². The summed E-state index contributed by atoms with van der Waals surface area (Å²) in [6, 6.07) is 16.6. The van der Waals surface area contributed by atoms with Gasteiger partial charge in [-0.3, -0.25) is 14.5 Å². The van der Waals surface area contributed by atoms with E-state index in [-0.39, 0.29) is 10.8 Å². The maximum absolute atomic E-state index is 12.4. The highest BCUT2D eigenvalue weighted by Crippen LogP contribution is 2.21. The lowest BCUT2D eigenvalue weighted by molar-refractivity contribution is 0.0951. The lowest BCUT2D eigenvalue weighted by Gasteiger charge is -2.12.